The summed E-state index contributed by atoms with van der Waals surface area (Å²) in [6.45, 7) is 5.72. The summed E-state index contributed by atoms with van der Waals surface area (Å²) in [5.74, 6) is 1.65. The number of methoxy groups -OCH3 is 1. The highest BCUT2D eigenvalue weighted by Crippen LogP contribution is 2.21. The second kappa shape index (κ2) is 6.59. The zero-order valence-corrected chi connectivity index (χ0v) is 11.4. The molecule has 1 fully saturated rings. The average Bonchev–Trinajstić information content (AvgIpc) is 2.40. The maximum Gasteiger partial charge on any atom is 0.168 e. The number of hydrogen-bond donors (Lipinski definition) is 1. The van der Waals surface area contributed by atoms with Crippen molar-refractivity contribution in [3.05, 3.63) is 18.3 Å². The van der Waals surface area contributed by atoms with Crippen LogP contribution in [0.2, 0.25) is 0 Å². The molecule has 0 radical (unpaired) electrons. The number of aromatic nitrogens is 1. The number of hydrogen-bond acceptors (Lipinski definition) is 4. The first-order valence-electron chi connectivity index (χ1n) is 6.77. The number of ether oxygens (including phenoxy) is 1. The Morgan fingerprint density at radius 1 is 1.39 bits per heavy atom. The Bertz CT molecular complexity index is 364. The Hall–Kier alpha value is -1.29. The molecule has 1 aromatic rings. The number of likely N-dealkylation sites (tertiary alicyclic amines) is 1. The van der Waals surface area contributed by atoms with Crippen LogP contribution in [-0.2, 0) is 0 Å². The van der Waals surface area contributed by atoms with E-state index in [9.17, 15) is 0 Å². The molecule has 1 unspecified atom stereocenters. The highest BCUT2D eigenvalue weighted by Gasteiger charge is 2.14. The van der Waals surface area contributed by atoms with Crippen LogP contribution in [0, 0.1) is 0 Å². The molecule has 4 heteroatoms. The number of pyridine rings is 1. The molecule has 0 spiro atoms. The average molecular weight is 249 g/mol. The normalized spacial score (nSPS) is 18.3. The molecular weight excluding hydrogens is 226 g/mol. The Labute approximate surface area is 109 Å². The molecule has 0 bridgehead atoms. The van der Waals surface area contributed by atoms with E-state index >= 15 is 0 Å². The number of nitrogens with zero attached hydrogens (tertiary/aromatic N) is 2. The van der Waals surface area contributed by atoms with Gasteiger partial charge >= 0.3 is 0 Å². The van der Waals surface area contributed by atoms with Crippen LogP contribution in [0.5, 0.6) is 5.75 Å². The molecule has 18 heavy (non-hydrogen) atoms. The van der Waals surface area contributed by atoms with Gasteiger partial charge in [-0.3, -0.25) is 0 Å². The maximum absolute atomic E-state index is 5.30. The largest absolute Gasteiger partial charge is 0.493 e. The third-order valence-corrected chi connectivity index (χ3v) is 3.35. The van der Waals surface area contributed by atoms with E-state index in [1.807, 2.05) is 12.1 Å². The zero-order valence-electron chi connectivity index (χ0n) is 11.4. The molecule has 0 amide bonds. The van der Waals surface area contributed by atoms with Crippen molar-refractivity contribution in [2.24, 2.45) is 0 Å². The van der Waals surface area contributed by atoms with E-state index in [2.05, 4.69) is 22.1 Å². The van der Waals surface area contributed by atoms with Gasteiger partial charge in [-0.2, -0.15) is 0 Å². The quantitative estimate of drug-likeness (QED) is 0.869. The van der Waals surface area contributed by atoms with E-state index in [1.54, 1.807) is 13.3 Å². The Balaban J connectivity index is 1.87. The summed E-state index contributed by atoms with van der Waals surface area (Å²) in [5, 5.41) is 3.43. The highest BCUT2D eigenvalue weighted by molar-refractivity contribution is 5.49. The fraction of sp³-hybridized carbons (Fsp3) is 0.643. The second-order valence-corrected chi connectivity index (χ2v) is 4.96. The molecule has 1 N–H and O–H groups in total. The van der Waals surface area contributed by atoms with Gasteiger partial charge in [-0.1, -0.05) is 6.42 Å². The number of anilines is 1. The minimum absolute atomic E-state index is 0.381. The Morgan fingerprint density at radius 3 is 2.89 bits per heavy atom. The SMILES string of the molecule is COc1cccnc1NC(C)CN1CCCCC1. The Kier molecular flexibility index (Phi) is 4.81. The van der Waals surface area contributed by atoms with Gasteiger partial charge in [-0.25, -0.2) is 4.98 Å². The minimum atomic E-state index is 0.381. The van der Waals surface area contributed by atoms with Crippen LogP contribution in [0.15, 0.2) is 18.3 Å². The minimum Gasteiger partial charge on any atom is -0.493 e. The number of nitrogens with one attached hydrogen (secondary N) is 1. The molecule has 0 saturated carbocycles. The van der Waals surface area contributed by atoms with Crippen LogP contribution in [-0.4, -0.2) is 42.7 Å². The fourth-order valence-electron chi connectivity index (χ4n) is 2.47. The van der Waals surface area contributed by atoms with Gasteiger partial charge < -0.3 is 15.0 Å². The van der Waals surface area contributed by atoms with E-state index < -0.39 is 0 Å². The van der Waals surface area contributed by atoms with Gasteiger partial charge in [0.05, 0.1) is 7.11 Å². The van der Waals surface area contributed by atoms with Gasteiger partial charge in [-0.15, -0.1) is 0 Å². The lowest BCUT2D eigenvalue weighted by molar-refractivity contribution is 0.223. The molecule has 100 valence electrons. The van der Waals surface area contributed by atoms with Crippen molar-refractivity contribution in [3.8, 4) is 5.75 Å². The van der Waals surface area contributed by atoms with Gasteiger partial charge in [0.2, 0.25) is 0 Å². The molecule has 2 heterocycles. The van der Waals surface area contributed by atoms with Crippen LogP contribution >= 0.6 is 0 Å². The van der Waals surface area contributed by atoms with Gasteiger partial charge in [0.15, 0.2) is 11.6 Å². The summed E-state index contributed by atoms with van der Waals surface area (Å²) in [7, 11) is 1.68. The fourth-order valence-corrected chi connectivity index (χ4v) is 2.47. The van der Waals surface area contributed by atoms with Crippen molar-refractivity contribution in [1.82, 2.24) is 9.88 Å². The summed E-state index contributed by atoms with van der Waals surface area (Å²) in [6.07, 6.45) is 5.84. The van der Waals surface area contributed by atoms with E-state index in [-0.39, 0.29) is 0 Å². The van der Waals surface area contributed by atoms with Crippen molar-refractivity contribution >= 4 is 5.82 Å². The third kappa shape index (κ3) is 3.60. The van der Waals surface area contributed by atoms with Crippen molar-refractivity contribution < 1.29 is 4.74 Å². The first-order valence-corrected chi connectivity index (χ1v) is 6.77. The summed E-state index contributed by atoms with van der Waals surface area (Å²) in [4.78, 5) is 6.85. The predicted molar refractivity (Wildman–Crippen MR) is 74.2 cm³/mol. The van der Waals surface area contributed by atoms with E-state index in [0.717, 1.165) is 18.1 Å². The molecule has 1 saturated heterocycles. The standard InChI is InChI=1S/C14H23N3O/c1-12(11-17-9-4-3-5-10-17)16-14-13(18-2)7-6-8-15-14/h6-8,12H,3-5,9-11H2,1-2H3,(H,15,16). The van der Waals surface area contributed by atoms with Gasteiger partial charge in [0.25, 0.3) is 0 Å². The summed E-state index contributed by atoms with van der Waals surface area (Å²) in [5.41, 5.74) is 0. The smallest absolute Gasteiger partial charge is 0.168 e. The molecule has 4 nitrogen and oxygen atoms in total. The number of rotatable bonds is 5. The van der Waals surface area contributed by atoms with E-state index in [4.69, 9.17) is 4.74 Å². The lowest BCUT2D eigenvalue weighted by Crippen LogP contribution is -2.38. The predicted octanol–water partition coefficient (Wildman–Crippen LogP) is 2.38. The summed E-state index contributed by atoms with van der Waals surface area (Å²) < 4.78 is 5.30. The maximum atomic E-state index is 5.30. The molecule has 0 aromatic carbocycles. The highest BCUT2D eigenvalue weighted by atomic mass is 16.5. The molecule has 1 aliphatic rings. The lowest BCUT2D eigenvalue weighted by Gasteiger charge is -2.29. The van der Waals surface area contributed by atoms with Crippen LogP contribution in [0.1, 0.15) is 26.2 Å². The van der Waals surface area contributed by atoms with Crippen LogP contribution in [0.3, 0.4) is 0 Å². The molecule has 1 aromatic heterocycles. The molecule has 1 atom stereocenters. The summed E-state index contributed by atoms with van der Waals surface area (Å²) in [6, 6.07) is 4.20. The van der Waals surface area contributed by atoms with Gasteiger partial charge in [0, 0.05) is 18.8 Å². The van der Waals surface area contributed by atoms with Gasteiger partial charge in [-0.05, 0) is 45.0 Å². The third-order valence-electron chi connectivity index (χ3n) is 3.35. The molecule has 1 aliphatic heterocycles. The van der Waals surface area contributed by atoms with Crippen molar-refractivity contribution in [1.29, 1.82) is 0 Å². The van der Waals surface area contributed by atoms with Crippen LogP contribution < -0.4 is 10.1 Å². The first kappa shape index (κ1) is 13.1. The monoisotopic (exact) mass is 249 g/mol. The van der Waals surface area contributed by atoms with E-state index in [1.165, 1.54) is 32.4 Å². The second-order valence-electron chi connectivity index (χ2n) is 4.96. The topological polar surface area (TPSA) is 37.4 Å². The lowest BCUT2D eigenvalue weighted by atomic mass is 10.1. The zero-order chi connectivity index (χ0) is 12.8. The van der Waals surface area contributed by atoms with Crippen molar-refractivity contribution in [2.75, 3.05) is 32.1 Å². The first-order chi connectivity index (χ1) is 8.79. The molecule has 0 aliphatic carbocycles. The Morgan fingerprint density at radius 2 is 2.17 bits per heavy atom. The van der Waals surface area contributed by atoms with Gasteiger partial charge in [0.1, 0.15) is 0 Å². The molecular formula is C14H23N3O. The summed E-state index contributed by atoms with van der Waals surface area (Å²) >= 11 is 0. The van der Waals surface area contributed by atoms with Crippen LogP contribution in [0.4, 0.5) is 5.82 Å². The van der Waals surface area contributed by atoms with Crippen LogP contribution in [0.25, 0.3) is 0 Å². The molecule has 2 rings (SSSR count). The van der Waals surface area contributed by atoms with Crippen molar-refractivity contribution in [2.45, 2.75) is 32.2 Å². The van der Waals surface area contributed by atoms with E-state index in [0.29, 0.717) is 6.04 Å². The number of piperidine rings is 1. The van der Waals surface area contributed by atoms with Crippen molar-refractivity contribution in [3.63, 3.8) is 0 Å².